The molecule has 0 aromatic heterocycles. The predicted octanol–water partition coefficient (Wildman–Crippen LogP) is 3.84. The first-order valence-electron chi connectivity index (χ1n) is 10.2. The zero-order chi connectivity index (χ0) is 21.6. The third kappa shape index (κ3) is 6.11. The summed E-state index contributed by atoms with van der Waals surface area (Å²) in [6, 6.07) is 3.75. The summed E-state index contributed by atoms with van der Waals surface area (Å²) in [6.45, 7) is 3.46. The molecule has 164 valence electrons. The summed E-state index contributed by atoms with van der Waals surface area (Å²) in [4.78, 5) is 12.7. The van der Waals surface area contributed by atoms with E-state index < -0.39 is 9.84 Å². The molecule has 1 aliphatic carbocycles. The Morgan fingerprint density at radius 1 is 1.00 bits per heavy atom. The number of carbonyl (C=O) groups excluding carboxylic acids is 1. The minimum absolute atomic E-state index is 0.0371. The minimum Gasteiger partial charge on any atom is -0.493 e. The molecule has 1 aromatic carbocycles. The van der Waals surface area contributed by atoms with Crippen LogP contribution in [0, 0.1) is 11.8 Å². The van der Waals surface area contributed by atoms with E-state index >= 15 is 0 Å². The second-order valence-corrected chi connectivity index (χ2v) is 10.7. The van der Waals surface area contributed by atoms with Crippen LogP contribution in [0.3, 0.4) is 0 Å². The van der Waals surface area contributed by atoms with Crippen molar-refractivity contribution in [1.29, 1.82) is 0 Å². The maximum absolute atomic E-state index is 12.7. The monoisotopic (exact) mass is 426 g/mol. The van der Waals surface area contributed by atoms with E-state index in [0.29, 0.717) is 30.1 Å². The fraction of sp³-hybridized carbons (Fsp3) is 0.682. The van der Waals surface area contributed by atoms with Crippen LogP contribution in [-0.4, -0.2) is 46.5 Å². The van der Waals surface area contributed by atoms with Gasteiger partial charge in [0.1, 0.15) is 5.78 Å². The summed E-state index contributed by atoms with van der Waals surface area (Å²) in [6.07, 6.45) is 4.26. The molecule has 0 atom stereocenters. The molecule has 0 radical (unpaired) electrons. The van der Waals surface area contributed by atoms with Crippen molar-refractivity contribution in [3.63, 3.8) is 0 Å². The standard InChI is InChI=1S/C22H34O6S/c1-15(2)29(24,25)14-16-6-9-18(10-7-16)19(23)11-8-17-12-20(26-3)22(28-5)21(13-17)27-4/h12-13,15-16,18H,6-11,14H2,1-5H3. The summed E-state index contributed by atoms with van der Waals surface area (Å²) < 4.78 is 40.3. The number of hydrogen-bond donors (Lipinski definition) is 0. The third-order valence-electron chi connectivity index (χ3n) is 5.87. The molecule has 0 spiro atoms. The number of ketones is 1. The molecule has 1 saturated carbocycles. The maximum atomic E-state index is 12.7. The van der Waals surface area contributed by atoms with Crippen molar-refractivity contribution in [2.75, 3.05) is 27.1 Å². The molecular formula is C22H34O6S. The van der Waals surface area contributed by atoms with E-state index in [-0.39, 0.29) is 28.6 Å². The van der Waals surface area contributed by atoms with Gasteiger partial charge in [-0.3, -0.25) is 4.79 Å². The van der Waals surface area contributed by atoms with Gasteiger partial charge in [-0.15, -0.1) is 0 Å². The highest BCUT2D eigenvalue weighted by molar-refractivity contribution is 7.91. The summed E-state index contributed by atoms with van der Waals surface area (Å²) in [7, 11) is 1.69. The summed E-state index contributed by atoms with van der Waals surface area (Å²) in [5, 5.41) is -0.333. The van der Waals surface area contributed by atoms with E-state index in [4.69, 9.17) is 14.2 Å². The topological polar surface area (TPSA) is 78.9 Å². The van der Waals surface area contributed by atoms with Gasteiger partial charge in [0.05, 0.1) is 32.3 Å². The van der Waals surface area contributed by atoms with Crippen molar-refractivity contribution in [2.24, 2.45) is 11.8 Å². The van der Waals surface area contributed by atoms with Crippen LogP contribution in [0.1, 0.15) is 51.5 Å². The first-order chi connectivity index (χ1) is 13.7. The van der Waals surface area contributed by atoms with E-state index in [1.54, 1.807) is 35.2 Å². The lowest BCUT2D eigenvalue weighted by molar-refractivity contribution is -0.124. The Labute approximate surface area is 174 Å². The molecule has 0 N–H and O–H groups in total. The van der Waals surface area contributed by atoms with Gasteiger partial charge in [0.2, 0.25) is 5.75 Å². The Bertz CT molecular complexity index is 767. The van der Waals surface area contributed by atoms with Crippen LogP contribution in [0.2, 0.25) is 0 Å². The highest BCUT2D eigenvalue weighted by atomic mass is 32.2. The number of rotatable bonds is 10. The van der Waals surface area contributed by atoms with Crippen LogP contribution in [0.4, 0.5) is 0 Å². The third-order valence-corrected chi connectivity index (χ3v) is 8.25. The van der Waals surface area contributed by atoms with E-state index in [1.165, 1.54) is 0 Å². The van der Waals surface area contributed by atoms with E-state index in [2.05, 4.69) is 0 Å². The number of aryl methyl sites for hydroxylation is 1. The number of hydrogen-bond acceptors (Lipinski definition) is 6. The van der Waals surface area contributed by atoms with E-state index in [0.717, 1.165) is 31.2 Å². The summed E-state index contributed by atoms with van der Waals surface area (Å²) in [5.41, 5.74) is 0.963. The van der Waals surface area contributed by atoms with Gasteiger partial charge in [-0.1, -0.05) is 0 Å². The quantitative estimate of drug-likeness (QED) is 0.566. The Morgan fingerprint density at radius 3 is 2.00 bits per heavy atom. The molecule has 0 aliphatic heterocycles. The van der Waals surface area contributed by atoms with Gasteiger partial charge < -0.3 is 14.2 Å². The first kappa shape index (κ1) is 23.5. The highest BCUT2D eigenvalue weighted by Gasteiger charge is 2.29. The number of Topliss-reactive ketones (excluding diaryl/α,β-unsaturated/α-hetero) is 1. The van der Waals surface area contributed by atoms with Gasteiger partial charge in [0, 0.05) is 12.3 Å². The maximum Gasteiger partial charge on any atom is 0.203 e. The second-order valence-electron chi connectivity index (χ2n) is 8.10. The fourth-order valence-corrected chi connectivity index (χ4v) is 5.30. The summed E-state index contributed by atoms with van der Waals surface area (Å²) in [5.74, 6) is 2.43. The van der Waals surface area contributed by atoms with Crippen LogP contribution in [-0.2, 0) is 21.1 Å². The predicted molar refractivity (Wildman–Crippen MR) is 114 cm³/mol. The van der Waals surface area contributed by atoms with Gasteiger partial charge in [-0.05, 0) is 69.6 Å². The zero-order valence-corrected chi connectivity index (χ0v) is 19.0. The van der Waals surface area contributed by atoms with Crippen LogP contribution >= 0.6 is 0 Å². The molecule has 1 aliphatic rings. The molecule has 1 aromatic rings. The molecule has 0 heterocycles. The van der Waals surface area contributed by atoms with E-state index in [9.17, 15) is 13.2 Å². The van der Waals surface area contributed by atoms with Crippen molar-refractivity contribution < 1.29 is 27.4 Å². The number of sulfone groups is 1. The fourth-order valence-electron chi connectivity index (χ4n) is 3.92. The normalized spacial score (nSPS) is 19.8. The van der Waals surface area contributed by atoms with Crippen molar-refractivity contribution in [3.05, 3.63) is 17.7 Å². The van der Waals surface area contributed by atoms with Gasteiger partial charge in [-0.2, -0.15) is 0 Å². The van der Waals surface area contributed by atoms with Crippen molar-refractivity contribution >= 4 is 15.6 Å². The van der Waals surface area contributed by atoms with Gasteiger partial charge in [0.15, 0.2) is 21.3 Å². The van der Waals surface area contributed by atoms with Gasteiger partial charge >= 0.3 is 0 Å². The van der Waals surface area contributed by atoms with Gasteiger partial charge in [-0.25, -0.2) is 8.42 Å². The minimum atomic E-state index is -3.02. The van der Waals surface area contributed by atoms with E-state index in [1.807, 2.05) is 12.1 Å². The number of methoxy groups -OCH3 is 3. The van der Waals surface area contributed by atoms with Crippen molar-refractivity contribution in [1.82, 2.24) is 0 Å². The smallest absolute Gasteiger partial charge is 0.203 e. The average Bonchev–Trinajstić information content (AvgIpc) is 2.71. The second kappa shape index (κ2) is 10.3. The van der Waals surface area contributed by atoms with Crippen LogP contribution in [0.15, 0.2) is 12.1 Å². The molecule has 1 fully saturated rings. The van der Waals surface area contributed by atoms with Crippen LogP contribution in [0.25, 0.3) is 0 Å². The molecule has 29 heavy (non-hydrogen) atoms. The van der Waals surface area contributed by atoms with Gasteiger partial charge in [0.25, 0.3) is 0 Å². The molecule has 2 rings (SSSR count). The lowest BCUT2D eigenvalue weighted by Gasteiger charge is -2.28. The SMILES string of the molecule is COc1cc(CCC(=O)C2CCC(CS(=O)(=O)C(C)C)CC2)cc(OC)c1OC. The van der Waals surface area contributed by atoms with Crippen molar-refractivity contribution in [2.45, 2.75) is 57.6 Å². The first-order valence-corrected chi connectivity index (χ1v) is 12.0. The molecule has 0 bridgehead atoms. The largest absolute Gasteiger partial charge is 0.493 e. The zero-order valence-electron chi connectivity index (χ0n) is 18.2. The van der Waals surface area contributed by atoms with Crippen LogP contribution < -0.4 is 14.2 Å². The molecule has 0 amide bonds. The van der Waals surface area contributed by atoms with Crippen molar-refractivity contribution in [3.8, 4) is 17.2 Å². The Morgan fingerprint density at radius 2 is 1.55 bits per heavy atom. The summed E-state index contributed by atoms with van der Waals surface area (Å²) >= 11 is 0. The number of ether oxygens (including phenoxy) is 3. The average molecular weight is 427 g/mol. The van der Waals surface area contributed by atoms with Crippen LogP contribution in [0.5, 0.6) is 17.2 Å². The molecule has 7 heteroatoms. The Hall–Kier alpha value is -1.76. The lowest BCUT2D eigenvalue weighted by Crippen LogP contribution is -2.28. The number of carbonyl (C=O) groups is 1. The molecule has 0 saturated heterocycles. The Balaban J connectivity index is 1.91. The highest BCUT2D eigenvalue weighted by Crippen LogP contribution is 2.39. The molecule has 6 nitrogen and oxygen atoms in total. The molecule has 0 unspecified atom stereocenters. The molecular weight excluding hydrogens is 392 g/mol. The number of benzene rings is 1. The Kier molecular flexibility index (Phi) is 8.37. The lowest BCUT2D eigenvalue weighted by atomic mass is 9.79.